The Bertz CT molecular complexity index is 637. The predicted molar refractivity (Wildman–Crippen MR) is 79.6 cm³/mol. The summed E-state index contributed by atoms with van der Waals surface area (Å²) in [5.74, 6) is -0.306. The van der Waals surface area contributed by atoms with Gasteiger partial charge in [0.2, 0.25) is 0 Å². The average Bonchev–Trinajstić information content (AvgIpc) is 2.88. The smallest absolute Gasteiger partial charge is 0.123 e. The highest BCUT2D eigenvalue weighted by atomic mass is 32.2. The third-order valence-corrected chi connectivity index (χ3v) is 4.80. The number of benzene rings is 2. The highest BCUT2D eigenvalue weighted by molar-refractivity contribution is 7.99. The first-order valence-corrected chi connectivity index (χ1v) is 7.72. The van der Waals surface area contributed by atoms with Crippen molar-refractivity contribution in [3.63, 3.8) is 0 Å². The predicted octanol–water partition coefficient (Wildman–Crippen LogP) is 4.52. The van der Waals surface area contributed by atoms with E-state index in [1.165, 1.54) is 36.1 Å². The Hall–Kier alpha value is -1.32. The highest BCUT2D eigenvalue weighted by Gasteiger charge is 2.14. The first-order chi connectivity index (χ1) is 9.63. The van der Waals surface area contributed by atoms with Gasteiger partial charge >= 0.3 is 0 Å². The average molecular weight is 288 g/mol. The Kier molecular flexibility index (Phi) is 3.81. The molecule has 0 amide bonds. The lowest BCUT2D eigenvalue weighted by Gasteiger charge is -2.12. The summed E-state index contributed by atoms with van der Waals surface area (Å²) in [5.41, 5.74) is 3.52. The van der Waals surface area contributed by atoms with E-state index in [-0.39, 0.29) is 5.82 Å². The van der Waals surface area contributed by atoms with E-state index in [0.717, 1.165) is 16.2 Å². The minimum atomic E-state index is -0.664. The Labute approximate surface area is 122 Å². The maximum atomic E-state index is 13.3. The molecular formula is C17H17FOS. The number of fused-ring (bicyclic) bond motifs is 1. The van der Waals surface area contributed by atoms with Crippen molar-refractivity contribution in [3.05, 3.63) is 58.9 Å². The van der Waals surface area contributed by atoms with Crippen LogP contribution < -0.4 is 0 Å². The molecule has 1 atom stereocenters. The fourth-order valence-corrected chi connectivity index (χ4v) is 3.75. The van der Waals surface area contributed by atoms with Gasteiger partial charge in [-0.25, -0.2) is 4.39 Å². The molecule has 3 heteroatoms. The fourth-order valence-electron chi connectivity index (χ4n) is 2.68. The quantitative estimate of drug-likeness (QED) is 0.896. The molecule has 0 bridgehead atoms. The van der Waals surface area contributed by atoms with Gasteiger partial charge < -0.3 is 5.11 Å². The van der Waals surface area contributed by atoms with Gasteiger partial charge in [0.25, 0.3) is 0 Å². The highest BCUT2D eigenvalue weighted by Crippen LogP contribution is 2.36. The summed E-state index contributed by atoms with van der Waals surface area (Å²) < 4.78 is 13.3. The van der Waals surface area contributed by atoms with E-state index in [9.17, 15) is 9.50 Å². The lowest BCUT2D eigenvalue weighted by molar-refractivity contribution is 0.196. The lowest BCUT2D eigenvalue weighted by atomic mass is 10.1. The van der Waals surface area contributed by atoms with Crippen LogP contribution in [0, 0.1) is 5.82 Å². The summed E-state index contributed by atoms with van der Waals surface area (Å²) in [4.78, 5) is 2.07. The number of rotatable bonds is 3. The Morgan fingerprint density at radius 3 is 2.70 bits per heavy atom. The molecule has 1 aliphatic carbocycles. The van der Waals surface area contributed by atoms with E-state index in [2.05, 4.69) is 18.2 Å². The van der Waals surface area contributed by atoms with Gasteiger partial charge in [-0.15, -0.1) is 0 Å². The minimum Gasteiger partial charge on any atom is -0.389 e. The van der Waals surface area contributed by atoms with Gasteiger partial charge in [0.05, 0.1) is 6.10 Å². The van der Waals surface area contributed by atoms with E-state index >= 15 is 0 Å². The second kappa shape index (κ2) is 5.58. The maximum Gasteiger partial charge on any atom is 0.123 e. The van der Waals surface area contributed by atoms with Crippen LogP contribution in [0.3, 0.4) is 0 Å². The van der Waals surface area contributed by atoms with E-state index in [0.29, 0.717) is 5.56 Å². The molecule has 0 spiro atoms. The molecular weight excluding hydrogens is 271 g/mol. The molecule has 1 nitrogen and oxygen atoms in total. The summed E-state index contributed by atoms with van der Waals surface area (Å²) in [6, 6.07) is 11.1. The Balaban J connectivity index is 1.91. The molecule has 0 aromatic heterocycles. The summed E-state index contributed by atoms with van der Waals surface area (Å²) >= 11 is 1.59. The molecule has 1 aliphatic rings. The Morgan fingerprint density at radius 1 is 1.10 bits per heavy atom. The van der Waals surface area contributed by atoms with Crippen molar-refractivity contribution in [1.29, 1.82) is 0 Å². The van der Waals surface area contributed by atoms with Crippen LogP contribution in [-0.2, 0) is 12.8 Å². The van der Waals surface area contributed by atoms with Gasteiger partial charge in [-0.05, 0) is 73.2 Å². The van der Waals surface area contributed by atoms with E-state index in [1.54, 1.807) is 24.8 Å². The third kappa shape index (κ3) is 2.74. The summed E-state index contributed by atoms with van der Waals surface area (Å²) in [5, 5.41) is 9.78. The largest absolute Gasteiger partial charge is 0.389 e. The molecule has 2 aromatic rings. The van der Waals surface area contributed by atoms with Crippen LogP contribution >= 0.6 is 11.8 Å². The normalized spacial score (nSPS) is 15.2. The van der Waals surface area contributed by atoms with Gasteiger partial charge in [0.1, 0.15) is 5.82 Å². The second-order valence-electron chi connectivity index (χ2n) is 5.24. The molecule has 0 unspecified atom stereocenters. The first kappa shape index (κ1) is 13.7. The summed E-state index contributed by atoms with van der Waals surface area (Å²) in [6.45, 7) is 1.67. The molecule has 0 saturated heterocycles. The molecule has 1 N–H and O–H groups in total. The maximum absolute atomic E-state index is 13.3. The molecule has 0 aliphatic heterocycles. The SMILES string of the molecule is C[C@@H](O)c1cc(F)ccc1Sc1ccc2c(c1)CCC2. The standard InChI is InChI=1S/C17H17FOS/c1-11(19)16-10-14(18)6-8-17(16)20-15-7-5-12-3-2-4-13(12)9-15/h5-11,19H,2-4H2,1H3/t11-/m1/s1. The molecule has 104 valence electrons. The zero-order valence-electron chi connectivity index (χ0n) is 11.4. The number of halogens is 1. The summed E-state index contributed by atoms with van der Waals surface area (Å²) in [6.07, 6.45) is 2.90. The number of hydrogen-bond donors (Lipinski definition) is 1. The molecule has 0 saturated carbocycles. The van der Waals surface area contributed by atoms with Crippen LogP contribution in [0.15, 0.2) is 46.2 Å². The van der Waals surface area contributed by atoms with Crippen molar-refractivity contribution in [2.45, 2.75) is 42.1 Å². The van der Waals surface area contributed by atoms with Gasteiger partial charge in [0, 0.05) is 9.79 Å². The number of aryl methyl sites for hydroxylation is 2. The summed E-state index contributed by atoms with van der Waals surface area (Å²) in [7, 11) is 0. The monoisotopic (exact) mass is 288 g/mol. The topological polar surface area (TPSA) is 20.2 Å². The van der Waals surface area contributed by atoms with Crippen LogP contribution in [0.25, 0.3) is 0 Å². The number of aliphatic hydroxyl groups is 1. The van der Waals surface area contributed by atoms with E-state index in [1.807, 2.05) is 0 Å². The zero-order chi connectivity index (χ0) is 14.1. The van der Waals surface area contributed by atoms with Gasteiger partial charge in [-0.2, -0.15) is 0 Å². The van der Waals surface area contributed by atoms with Crippen molar-refractivity contribution >= 4 is 11.8 Å². The van der Waals surface area contributed by atoms with Gasteiger partial charge in [0.15, 0.2) is 0 Å². The lowest BCUT2D eigenvalue weighted by Crippen LogP contribution is -1.95. The van der Waals surface area contributed by atoms with Crippen molar-refractivity contribution in [1.82, 2.24) is 0 Å². The van der Waals surface area contributed by atoms with Crippen molar-refractivity contribution < 1.29 is 9.50 Å². The van der Waals surface area contributed by atoms with Crippen molar-refractivity contribution in [2.75, 3.05) is 0 Å². The van der Waals surface area contributed by atoms with Crippen molar-refractivity contribution in [3.8, 4) is 0 Å². The molecule has 0 fully saturated rings. The molecule has 20 heavy (non-hydrogen) atoms. The van der Waals surface area contributed by atoms with Crippen molar-refractivity contribution in [2.24, 2.45) is 0 Å². The number of aliphatic hydroxyl groups excluding tert-OH is 1. The van der Waals surface area contributed by atoms with Crippen LogP contribution in [-0.4, -0.2) is 5.11 Å². The van der Waals surface area contributed by atoms with Gasteiger partial charge in [-0.3, -0.25) is 0 Å². The zero-order valence-corrected chi connectivity index (χ0v) is 12.2. The molecule has 2 aromatic carbocycles. The first-order valence-electron chi connectivity index (χ1n) is 6.90. The van der Waals surface area contributed by atoms with E-state index in [4.69, 9.17) is 0 Å². The van der Waals surface area contributed by atoms with Crippen LogP contribution in [0.5, 0.6) is 0 Å². The van der Waals surface area contributed by atoms with Crippen LogP contribution in [0.2, 0.25) is 0 Å². The fraction of sp³-hybridized carbons (Fsp3) is 0.294. The van der Waals surface area contributed by atoms with E-state index < -0.39 is 6.10 Å². The van der Waals surface area contributed by atoms with Crippen LogP contribution in [0.1, 0.15) is 36.1 Å². The third-order valence-electron chi connectivity index (χ3n) is 3.72. The molecule has 0 radical (unpaired) electrons. The van der Waals surface area contributed by atoms with Gasteiger partial charge in [-0.1, -0.05) is 17.8 Å². The second-order valence-corrected chi connectivity index (χ2v) is 6.36. The minimum absolute atomic E-state index is 0.306. The number of hydrogen-bond acceptors (Lipinski definition) is 2. The Morgan fingerprint density at radius 2 is 1.90 bits per heavy atom. The molecule has 3 rings (SSSR count). The van der Waals surface area contributed by atoms with Crippen LogP contribution in [0.4, 0.5) is 4.39 Å². The molecule has 0 heterocycles.